The molecule has 0 saturated heterocycles. The second-order valence-electron chi connectivity index (χ2n) is 7.29. The maximum atomic E-state index is 3.74. The molecule has 0 heterocycles. The Morgan fingerprint density at radius 2 is 2.20 bits per heavy atom. The fraction of sp³-hybridized carbons (Fsp3) is 0.684. The largest absolute Gasteiger partial charge is 0.316 e. The average Bonchev–Trinajstić information content (AvgIpc) is 3.00. The fourth-order valence-electron chi connectivity index (χ4n) is 4.80. The summed E-state index contributed by atoms with van der Waals surface area (Å²) in [6, 6.07) is 9.17. The molecule has 0 spiro atoms. The summed E-state index contributed by atoms with van der Waals surface area (Å²) in [6.45, 7) is 6.89. The van der Waals surface area contributed by atoms with Gasteiger partial charge in [-0.15, -0.1) is 0 Å². The average molecular weight is 271 g/mol. The van der Waals surface area contributed by atoms with E-state index in [-0.39, 0.29) is 0 Å². The van der Waals surface area contributed by atoms with Crippen molar-refractivity contribution in [1.82, 2.24) is 5.32 Å². The van der Waals surface area contributed by atoms with Crippen molar-refractivity contribution in [1.29, 1.82) is 0 Å². The van der Waals surface area contributed by atoms with E-state index in [1.165, 1.54) is 57.2 Å². The van der Waals surface area contributed by atoms with Crippen molar-refractivity contribution in [2.45, 2.75) is 52.4 Å². The third-order valence-electron chi connectivity index (χ3n) is 5.64. The molecule has 0 amide bonds. The molecule has 0 radical (unpaired) electrons. The van der Waals surface area contributed by atoms with E-state index in [0.29, 0.717) is 5.41 Å². The lowest BCUT2D eigenvalue weighted by Gasteiger charge is -2.38. The molecule has 0 aromatic heterocycles. The van der Waals surface area contributed by atoms with Gasteiger partial charge in [-0.25, -0.2) is 0 Å². The molecule has 20 heavy (non-hydrogen) atoms. The molecule has 2 saturated carbocycles. The van der Waals surface area contributed by atoms with Crippen LogP contribution in [-0.4, -0.2) is 13.1 Å². The van der Waals surface area contributed by atoms with Crippen LogP contribution in [0.4, 0.5) is 0 Å². The molecule has 1 heteroatoms. The second-order valence-corrected chi connectivity index (χ2v) is 7.29. The lowest BCUT2D eigenvalue weighted by atomic mass is 9.69. The molecular formula is C19H29N. The summed E-state index contributed by atoms with van der Waals surface area (Å²) < 4.78 is 0. The molecule has 0 aliphatic heterocycles. The van der Waals surface area contributed by atoms with Gasteiger partial charge in [0, 0.05) is 6.54 Å². The summed E-state index contributed by atoms with van der Waals surface area (Å²) >= 11 is 0. The fourth-order valence-corrected chi connectivity index (χ4v) is 4.80. The van der Waals surface area contributed by atoms with Gasteiger partial charge in [0.05, 0.1) is 0 Å². The summed E-state index contributed by atoms with van der Waals surface area (Å²) in [6.07, 6.45) is 8.46. The molecule has 3 rings (SSSR count). The minimum absolute atomic E-state index is 0.548. The first kappa shape index (κ1) is 14.1. The van der Waals surface area contributed by atoms with E-state index < -0.39 is 0 Å². The van der Waals surface area contributed by atoms with Crippen LogP contribution in [0.15, 0.2) is 24.3 Å². The molecule has 2 bridgehead atoms. The van der Waals surface area contributed by atoms with Gasteiger partial charge in [0.15, 0.2) is 0 Å². The molecule has 2 aliphatic carbocycles. The molecule has 3 unspecified atom stereocenters. The van der Waals surface area contributed by atoms with Gasteiger partial charge in [-0.3, -0.25) is 0 Å². The number of fused-ring (bicyclic) bond motifs is 2. The van der Waals surface area contributed by atoms with E-state index in [1.54, 1.807) is 5.56 Å². The zero-order valence-electron chi connectivity index (χ0n) is 13.1. The third kappa shape index (κ3) is 2.79. The molecule has 110 valence electrons. The zero-order chi connectivity index (χ0) is 14.0. The van der Waals surface area contributed by atoms with E-state index in [4.69, 9.17) is 0 Å². The second kappa shape index (κ2) is 5.89. The number of aryl methyl sites for hydroxylation is 1. The first-order valence-corrected chi connectivity index (χ1v) is 8.48. The van der Waals surface area contributed by atoms with Gasteiger partial charge in [0.1, 0.15) is 0 Å². The van der Waals surface area contributed by atoms with Crippen LogP contribution in [0, 0.1) is 24.2 Å². The Hall–Kier alpha value is -0.820. The van der Waals surface area contributed by atoms with E-state index in [9.17, 15) is 0 Å². The normalized spacial score (nSPS) is 31.9. The van der Waals surface area contributed by atoms with Crippen LogP contribution in [-0.2, 0) is 6.42 Å². The number of hydrogen-bond donors (Lipinski definition) is 1. The third-order valence-corrected chi connectivity index (χ3v) is 5.64. The Morgan fingerprint density at radius 3 is 2.85 bits per heavy atom. The smallest absolute Gasteiger partial charge is 0.00138 e. The number of hydrogen-bond acceptors (Lipinski definition) is 1. The van der Waals surface area contributed by atoms with Crippen LogP contribution in [0.1, 0.15) is 50.2 Å². The summed E-state index contributed by atoms with van der Waals surface area (Å²) in [5.41, 5.74) is 3.50. The Bertz CT molecular complexity index is 453. The minimum atomic E-state index is 0.548. The van der Waals surface area contributed by atoms with Crippen molar-refractivity contribution >= 4 is 0 Å². The van der Waals surface area contributed by atoms with Gasteiger partial charge in [0.25, 0.3) is 0 Å². The monoisotopic (exact) mass is 271 g/mol. The quantitative estimate of drug-likeness (QED) is 0.759. The van der Waals surface area contributed by atoms with E-state index in [0.717, 1.165) is 11.8 Å². The molecule has 1 aromatic rings. The SMILES string of the molecule is CCCNCC1(Cc2cccc(C)c2)CC2CCC1C2. The Labute approximate surface area is 124 Å². The van der Waals surface area contributed by atoms with Crippen molar-refractivity contribution in [3.63, 3.8) is 0 Å². The van der Waals surface area contributed by atoms with Gasteiger partial charge in [0.2, 0.25) is 0 Å². The highest BCUT2D eigenvalue weighted by Gasteiger charge is 2.50. The van der Waals surface area contributed by atoms with E-state index in [2.05, 4.69) is 43.4 Å². The standard InChI is InChI=1S/C19H29N/c1-3-9-20-14-19(13-17-7-8-18(19)11-17)12-16-6-4-5-15(2)10-16/h4-6,10,17-18,20H,3,7-9,11-14H2,1-2H3. The van der Waals surface area contributed by atoms with Crippen LogP contribution in [0.5, 0.6) is 0 Å². The Balaban J connectivity index is 1.76. The summed E-state index contributed by atoms with van der Waals surface area (Å²) in [7, 11) is 0. The molecular weight excluding hydrogens is 242 g/mol. The molecule has 1 N–H and O–H groups in total. The molecule has 2 fully saturated rings. The van der Waals surface area contributed by atoms with Crippen molar-refractivity contribution < 1.29 is 0 Å². The summed E-state index contributed by atoms with van der Waals surface area (Å²) in [5.74, 6) is 1.99. The maximum Gasteiger partial charge on any atom is 0.00138 e. The van der Waals surface area contributed by atoms with Crippen molar-refractivity contribution in [2.75, 3.05) is 13.1 Å². The van der Waals surface area contributed by atoms with E-state index in [1.807, 2.05) is 0 Å². The number of nitrogens with one attached hydrogen (secondary N) is 1. The van der Waals surface area contributed by atoms with E-state index >= 15 is 0 Å². The van der Waals surface area contributed by atoms with Crippen molar-refractivity contribution in [3.8, 4) is 0 Å². The minimum Gasteiger partial charge on any atom is -0.316 e. The van der Waals surface area contributed by atoms with Crippen LogP contribution in [0.2, 0.25) is 0 Å². The predicted octanol–water partition coefficient (Wildman–Crippen LogP) is 4.34. The van der Waals surface area contributed by atoms with Crippen LogP contribution in [0.3, 0.4) is 0 Å². The van der Waals surface area contributed by atoms with Crippen LogP contribution in [0.25, 0.3) is 0 Å². The Morgan fingerprint density at radius 1 is 1.30 bits per heavy atom. The molecule has 1 nitrogen and oxygen atoms in total. The molecule has 1 aromatic carbocycles. The van der Waals surface area contributed by atoms with Gasteiger partial charge in [-0.2, -0.15) is 0 Å². The van der Waals surface area contributed by atoms with Gasteiger partial charge in [-0.05, 0) is 68.4 Å². The summed E-state index contributed by atoms with van der Waals surface area (Å²) in [4.78, 5) is 0. The highest BCUT2D eigenvalue weighted by Crippen LogP contribution is 2.57. The predicted molar refractivity (Wildman–Crippen MR) is 85.9 cm³/mol. The number of rotatable bonds is 6. The molecule has 3 atom stereocenters. The van der Waals surface area contributed by atoms with Gasteiger partial charge < -0.3 is 5.32 Å². The first-order chi connectivity index (χ1) is 9.72. The number of benzene rings is 1. The van der Waals surface area contributed by atoms with Crippen LogP contribution >= 0.6 is 0 Å². The zero-order valence-corrected chi connectivity index (χ0v) is 13.1. The first-order valence-electron chi connectivity index (χ1n) is 8.48. The topological polar surface area (TPSA) is 12.0 Å². The highest BCUT2D eigenvalue weighted by atomic mass is 14.9. The van der Waals surface area contributed by atoms with Crippen LogP contribution < -0.4 is 5.32 Å². The Kier molecular flexibility index (Phi) is 4.16. The summed E-state index contributed by atoms with van der Waals surface area (Å²) in [5, 5.41) is 3.74. The lowest BCUT2D eigenvalue weighted by Crippen LogP contribution is -2.40. The van der Waals surface area contributed by atoms with Crippen molar-refractivity contribution in [2.24, 2.45) is 17.3 Å². The maximum absolute atomic E-state index is 3.74. The molecule has 2 aliphatic rings. The van der Waals surface area contributed by atoms with Crippen molar-refractivity contribution in [3.05, 3.63) is 35.4 Å². The van der Waals surface area contributed by atoms with Gasteiger partial charge >= 0.3 is 0 Å². The van der Waals surface area contributed by atoms with Gasteiger partial charge in [-0.1, -0.05) is 43.2 Å². The highest BCUT2D eigenvalue weighted by molar-refractivity contribution is 5.24. The lowest BCUT2D eigenvalue weighted by molar-refractivity contribution is 0.156.